The van der Waals surface area contributed by atoms with Crippen molar-refractivity contribution in [2.75, 3.05) is 0 Å². The quantitative estimate of drug-likeness (QED) is 0.0819. The first kappa shape index (κ1) is 33.3. The summed E-state index contributed by atoms with van der Waals surface area (Å²) >= 11 is 2.22. The van der Waals surface area contributed by atoms with E-state index in [4.69, 9.17) is 0 Å². The van der Waals surface area contributed by atoms with E-state index in [0.717, 1.165) is 33.3 Å². The van der Waals surface area contributed by atoms with Crippen LogP contribution in [0.5, 0.6) is 0 Å². The predicted octanol–water partition coefficient (Wildman–Crippen LogP) is 7.83. The third-order valence-electron chi connectivity index (χ3n) is 5.75. The summed E-state index contributed by atoms with van der Waals surface area (Å²) in [5, 5.41) is 23.9. The maximum absolute atomic E-state index is 12.1. The molecule has 0 amide bonds. The zero-order chi connectivity index (χ0) is 32.2. The van der Waals surface area contributed by atoms with Gasteiger partial charge in [-0.3, -0.25) is 29.8 Å². The number of nitro benzene ring substituents is 1. The van der Waals surface area contributed by atoms with E-state index >= 15 is 0 Å². The highest BCUT2D eigenvalue weighted by atomic mass is 32.2. The molecule has 0 bridgehead atoms. The Morgan fingerprint density at radius 3 is 1.77 bits per heavy atom. The van der Waals surface area contributed by atoms with Crippen molar-refractivity contribution in [1.82, 2.24) is 0 Å². The highest BCUT2D eigenvalue weighted by Gasteiger charge is 2.24. The summed E-state index contributed by atoms with van der Waals surface area (Å²) in [5.41, 5.74) is 1.62. The number of benzene rings is 3. The number of nitro groups is 2. The van der Waals surface area contributed by atoms with Crippen molar-refractivity contribution in [2.45, 2.75) is 37.0 Å². The van der Waals surface area contributed by atoms with E-state index in [1.54, 1.807) is 61.5 Å². The fourth-order valence-electron chi connectivity index (χ4n) is 3.81. The molecule has 0 saturated heterocycles. The van der Waals surface area contributed by atoms with Crippen LogP contribution in [-0.4, -0.2) is 20.1 Å². The smallest absolute Gasteiger partial charge is 0.278 e. The minimum absolute atomic E-state index is 0.0199. The second-order valence-corrected chi connectivity index (χ2v) is 11.6. The van der Waals surface area contributed by atoms with Crippen molar-refractivity contribution in [3.63, 3.8) is 0 Å². The number of hydrogen-bond acceptors (Lipinski definition) is 8. The molecule has 3 aromatic rings. The van der Waals surface area contributed by atoms with Gasteiger partial charge in [-0.05, 0) is 72.8 Å². The van der Waals surface area contributed by atoms with Crippen LogP contribution in [0.25, 0.3) is 5.57 Å². The molecule has 0 aliphatic heterocycles. The van der Waals surface area contributed by atoms with Crippen molar-refractivity contribution in [3.8, 4) is 23.7 Å². The van der Waals surface area contributed by atoms with Gasteiger partial charge in [0, 0.05) is 58.4 Å². The summed E-state index contributed by atoms with van der Waals surface area (Å²) in [6.45, 7) is 8.45. The molecule has 0 aromatic heterocycles. The minimum Gasteiger partial charge on any atom is -0.287 e. The van der Waals surface area contributed by atoms with Crippen LogP contribution in [0.4, 0.5) is 5.69 Å². The number of nitrogens with zero attached hydrogens (tertiary/aromatic N) is 2. The SMILES string of the molecule is C=C(C#Cc1ccc(SC(C)=O)cc1)/C=C\C(=C(/CC)[N+](=O)[O-])c1ccc(C#Cc2ccc(SC(C)=O)cc2)cc1[N+](=O)[O-]. The molecule has 0 atom stereocenters. The summed E-state index contributed by atoms with van der Waals surface area (Å²) in [6.07, 6.45) is 2.92. The molecule has 0 N–H and O–H groups in total. The van der Waals surface area contributed by atoms with Crippen LogP contribution < -0.4 is 0 Å². The Morgan fingerprint density at radius 1 is 0.795 bits per heavy atom. The molecule has 3 rings (SSSR count). The van der Waals surface area contributed by atoms with Crippen LogP contribution in [0.15, 0.2) is 107 Å². The van der Waals surface area contributed by atoms with Gasteiger partial charge in [0.15, 0.2) is 10.2 Å². The van der Waals surface area contributed by atoms with Gasteiger partial charge in [0.05, 0.1) is 21.0 Å². The van der Waals surface area contributed by atoms with Crippen molar-refractivity contribution >= 4 is 45.0 Å². The molecule has 0 radical (unpaired) electrons. The lowest BCUT2D eigenvalue weighted by Crippen LogP contribution is -2.03. The van der Waals surface area contributed by atoms with Crippen LogP contribution in [0.3, 0.4) is 0 Å². The van der Waals surface area contributed by atoms with Gasteiger partial charge in [0.25, 0.3) is 11.4 Å². The van der Waals surface area contributed by atoms with E-state index in [-0.39, 0.29) is 39.2 Å². The van der Waals surface area contributed by atoms with Gasteiger partial charge < -0.3 is 0 Å². The molecule has 0 fully saturated rings. The fraction of sp³-hybridized carbons (Fsp3) is 0.118. The van der Waals surface area contributed by atoms with Crippen LogP contribution in [0, 0.1) is 43.9 Å². The van der Waals surface area contributed by atoms with Gasteiger partial charge in [-0.2, -0.15) is 0 Å². The summed E-state index contributed by atoms with van der Waals surface area (Å²) in [4.78, 5) is 47.0. The largest absolute Gasteiger partial charge is 0.287 e. The van der Waals surface area contributed by atoms with Crippen LogP contribution in [0.1, 0.15) is 49.4 Å². The molecule has 44 heavy (non-hydrogen) atoms. The lowest BCUT2D eigenvalue weighted by Gasteiger charge is -2.07. The van der Waals surface area contributed by atoms with Crippen LogP contribution >= 0.6 is 23.5 Å². The number of thioether (sulfide) groups is 2. The van der Waals surface area contributed by atoms with Crippen LogP contribution in [0.2, 0.25) is 0 Å². The average Bonchev–Trinajstić information content (AvgIpc) is 2.97. The van der Waals surface area contributed by atoms with Gasteiger partial charge in [0.2, 0.25) is 0 Å². The monoisotopic (exact) mass is 622 g/mol. The lowest BCUT2D eigenvalue weighted by atomic mass is 9.97. The summed E-state index contributed by atoms with van der Waals surface area (Å²) in [5.74, 6) is 11.7. The molecule has 0 saturated carbocycles. The number of rotatable bonds is 8. The maximum Gasteiger partial charge on any atom is 0.278 e. The van der Waals surface area contributed by atoms with Crippen molar-refractivity contribution < 1.29 is 19.4 Å². The Kier molecular flexibility index (Phi) is 12.0. The van der Waals surface area contributed by atoms with Gasteiger partial charge in [0.1, 0.15) is 0 Å². The molecule has 10 heteroatoms. The van der Waals surface area contributed by atoms with E-state index in [0.29, 0.717) is 22.3 Å². The van der Waals surface area contributed by atoms with Gasteiger partial charge in [-0.1, -0.05) is 60.7 Å². The summed E-state index contributed by atoms with van der Waals surface area (Å²) in [6, 6.07) is 18.4. The summed E-state index contributed by atoms with van der Waals surface area (Å²) in [7, 11) is 0. The molecular formula is C34H26N2O6S2. The van der Waals surface area contributed by atoms with Crippen molar-refractivity contribution in [2.24, 2.45) is 0 Å². The molecule has 3 aromatic carbocycles. The first-order valence-electron chi connectivity index (χ1n) is 13.1. The molecule has 0 spiro atoms. The van der Waals surface area contributed by atoms with Crippen molar-refractivity contribution in [3.05, 3.63) is 139 Å². The molecule has 0 unspecified atom stereocenters. The molecule has 0 aliphatic rings. The Balaban J connectivity index is 1.93. The minimum atomic E-state index is -0.599. The topological polar surface area (TPSA) is 120 Å². The van der Waals surface area contributed by atoms with E-state index in [2.05, 4.69) is 30.3 Å². The highest BCUT2D eigenvalue weighted by molar-refractivity contribution is 8.13. The molecule has 8 nitrogen and oxygen atoms in total. The Hall–Kier alpha value is -5.16. The number of allylic oxidation sites excluding steroid dienone is 5. The van der Waals surface area contributed by atoms with E-state index in [9.17, 15) is 29.8 Å². The molecule has 0 heterocycles. The average molecular weight is 623 g/mol. The highest BCUT2D eigenvalue weighted by Crippen LogP contribution is 2.32. The van der Waals surface area contributed by atoms with Gasteiger partial charge in [-0.25, -0.2) is 0 Å². The standard InChI is InChI=1S/C34H26N2O6S2/c1-5-33(35(39)40)31(20-7-23(2)6-8-26-11-16-29(17-12-26)43-24(3)37)32-21-15-28(22-34(32)36(41)42)10-9-27-13-18-30(19-14-27)44-25(4)38/h7,11-22H,2,5H2,1,3-4H3/b20-7-,33-31-. The number of carbonyl (C=O) groups is 2. The normalized spacial score (nSPS) is 11.0. The second kappa shape index (κ2) is 15.9. The zero-order valence-corrected chi connectivity index (χ0v) is 25.7. The van der Waals surface area contributed by atoms with Gasteiger partial charge >= 0.3 is 0 Å². The Bertz CT molecular complexity index is 1820. The lowest BCUT2D eigenvalue weighted by molar-refractivity contribution is -0.426. The maximum atomic E-state index is 12.1. The van der Waals surface area contributed by atoms with Crippen molar-refractivity contribution in [1.29, 1.82) is 0 Å². The molecule has 220 valence electrons. The second-order valence-electron chi connectivity index (χ2n) is 9.05. The number of carbonyl (C=O) groups excluding carboxylic acids is 2. The van der Waals surface area contributed by atoms with E-state index < -0.39 is 9.85 Å². The third kappa shape index (κ3) is 9.99. The molecular weight excluding hydrogens is 597 g/mol. The Labute approximate surface area is 263 Å². The first-order chi connectivity index (χ1) is 21.0. The zero-order valence-electron chi connectivity index (χ0n) is 24.1. The number of hydrogen-bond donors (Lipinski definition) is 0. The fourth-order valence-corrected chi connectivity index (χ4v) is 5.02. The van der Waals surface area contributed by atoms with Gasteiger partial charge in [-0.15, -0.1) is 0 Å². The van der Waals surface area contributed by atoms with Crippen LogP contribution in [-0.2, 0) is 9.59 Å². The predicted molar refractivity (Wildman–Crippen MR) is 174 cm³/mol. The third-order valence-corrected chi connectivity index (χ3v) is 7.34. The first-order valence-corrected chi connectivity index (χ1v) is 14.7. The summed E-state index contributed by atoms with van der Waals surface area (Å²) < 4.78 is 0. The van der Waals surface area contributed by atoms with E-state index in [1.165, 1.54) is 38.1 Å². The van der Waals surface area contributed by atoms with E-state index in [1.807, 2.05) is 0 Å². The Morgan fingerprint density at radius 2 is 1.30 bits per heavy atom. The molecule has 0 aliphatic carbocycles.